The van der Waals surface area contributed by atoms with E-state index in [0.717, 1.165) is 60.9 Å². The molecule has 0 fully saturated rings. The molecule has 0 radical (unpaired) electrons. The van der Waals surface area contributed by atoms with Gasteiger partial charge in [-0.1, -0.05) is 212 Å². The lowest BCUT2D eigenvalue weighted by Gasteiger charge is -2.30. The Balaban J connectivity index is 0.797. The van der Waals surface area contributed by atoms with E-state index < -0.39 is 0 Å². The van der Waals surface area contributed by atoms with Gasteiger partial charge in [-0.15, -0.1) is 11.3 Å². The SMILES string of the molecule is c1ccc(-c2ccc(-c3nc(-c4ccc5c(c4)sc4ccccc45)nc(-c4cccc5oc6ccc(-c7ccc(-c8ccc9c(c8)C8(c%10ccccc%10-c%10ccccc%108)c8ccccc8-9)cc7)cc6c45)n3)cc2)cc1. The Bertz CT molecular complexity index is 4580. The van der Waals surface area contributed by atoms with Crippen LogP contribution >= 0.6 is 11.3 Å². The van der Waals surface area contributed by atoms with E-state index in [1.54, 1.807) is 11.3 Å². The van der Waals surface area contributed by atoms with Crippen LogP contribution in [0.3, 0.4) is 0 Å². The maximum atomic E-state index is 6.62. The van der Waals surface area contributed by atoms with Crippen molar-refractivity contribution in [3.63, 3.8) is 0 Å². The molecule has 3 aromatic heterocycles. The summed E-state index contributed by atoms with van der Waals surface area (Å²) in [5.41, 5.74) is 21.5. The average molecular weight is 972 g/mol. The predicted molar refractivity (Wildman–Crippen MR) is 309 cm³/mol. The highest BCUT2D eigenvalue weighted by molar-refractivity contribution is 7.25. The average Bonchev–Trinajstić information content (AvgIpc) is 4.30. The van der Waals surface area contributed by atoms with E-state index >= 15 is 0 Å². The van der Waals surface area contributed by atoms with E-state index in [2.05, 4.69) is 231 Å². The number of hydrogen-bond acceptors (Lipinski definition) is 5. The van der Waals surface area contributed by atoms with E-state index in [4.69, 9.17) is 19.4 Å². The van der Waals surface area contributed by atoms with E-state index in [0.29, 0.717) is 17.5 Å². The van der Waals surface area contributed by atoms with E-state index in [1.807, 2.05) is 18.2 Å². The first-order chi connectivity index (χ1) is 37.1. The van der Waals surface area contributed by atoms with Gasteiger partial charge in [0.05, 0.1) is 5.41 Å². The Hall–Kier alpha value is -9.55. The van der Waals surface area contributed by atoms with Crippen molar-refractivity contribution in [2.75, 3.05) is 0 Å². The van der Waals surface area contributed by atoms with Gasteiger partial charge in [-0.3, -0.25) is 0 Å². The molecule has 4 nitrogen and oxygen atoms in total. The summed E-state index contributed by atoms with van der Waals surface area (Å²) in [6.07, 6.45) is 0. The normalized spacial score (nSPS) is 12.9. The molecule has 0 bridgehead atoms. The lowest BCUT2D eigenvalue weighted by molar-refractivity contribution is 0.669. The molecule has 5 heteroatoms. The summed E-state index contributed by atoms with van der Waals surface area (Å²) in [4.78, 5) is 15.8. The summed E-state index contributed by atoms with van der Waals surface area (Å²) in [5, 5.41) is 4.46. The van der Waals surface area contributed by atoms with Gasteiger partial charge in [-0.05, 0) is 114 Å². The van der Waals surface area contributed by atoms with Crippen molar-refractivity contribution in [1.82, 2.24) is 15.0 Å². The summed E-state index contributed by atoms with van der Waals surface area (Å²) in [7, 11) is 0. The second-order valence-electron chi connectivity index (χ2n) is 19.8. The van der Waals surface area contributed by atoms with Crippen LogP contribution in [0.2, 0.25) is 0 Å². The van der Waals surface area contributed by atoms with Gasteiger partial charge in [0.1, 0.15) is 11.2 Å². The monoisotopic (exact) mass is 971 g/mol. The first-order valence-electron chi connectivity index (χ1n) is 25.5. The first-order valence-corrected chi connectivity index (χ1v) is 26.3. The maximum Gasteiger partial charge on any atom is 0.164 e. The zero-order chi connectivity index (χ0) is 49.2. The third kappa shape index (κ3) is 6.32. The second-order valence-corrected chi connectivity index (χ2v) is 20.9. The second kappa shape index (κ2) is 16.2. The Morgan fingerprint density at radius 1 is 0.280 bits per heavy atom. The van der Waals surface area contributed by atoms with Crippen molar-refractivity contribution in [3.05, 3.63) is 271 Å². The van der Waals surface area contributed by atoms with Gasteiger partial charge in [0, 0.05) is 47.6 Å². The third-order valence-corrected chi connectivity index (χ3v) is 16.9. The number of aromatic nitrogens is 3. The molecule has 75 heavy (non-hydrogen) atoms. The molecule has 3 heterocycles. The van der Waals surface area contributed by atoms with Crippen LogP contribution in [-0.4, -0.2) is 15.0 Å². The molecule has 0 unspecified atom stereocenters. The molecule has 0 atom stereocenters. The van der Waals surface area contributed by atoms with Crippen LogP contribution in [-0.2, 0) is 5.41 Å². The number of benzene rings is 11. The first kappa shape index (κ1) is 42.0. The molecular formula is C70H41N3OS. The highest BCUT2D eigenvalue weighted by atomic mass is 32.1. The lowest BCUT2D eigenvalue weighted by atomic mass is 9.70. The van der Waals surface area contributed by atoms with Crippen LogP contribution in [0.4, 0.5) is 0 Å². The fourth-order valence-electron chi connectivity index (χ4n) is 12.4. The molecule has 16 rings (SSSR count). The van der Waals surface area contributed by atoms with Gasteiger partial charge in [-0.2, -0.15) is 0 Å². The standard InChI is InChI=1S/C70H41N3OS/c1-2-13-42(14-3-1)43-29-31-46(32-30-43)67-71-68(49-34-37-55-54-18-7-11-24-64(54)75-65(55)41-49)73-69(72-67)56-19-12-23-63-66(56)57-39-47(35-38-62(57)74-63)44-25-27-45(28-26-44)48-33-36-53-52-17-6-10-22-60(52)70(61(53)40-48)58-20-8-4-15-50(58)51-16-5-9-21-59(51)70/h1-41H. The molecule has 348 valence electrons. The number of thiophene rings is 1. The van der Waals surface area contributed by atoms with Crippen molar-refractivity contribution in [1.29, 1.82) is 0 Å². The summed E-state index contributed by atoms with van der Waals surface area (Å²) in [5.74, 6) is 1.82. The van der Waals surface area contributed by atoms with E-state index in [9.17, 15) is 0 Å². The Labute approximate surface area is 436 Å². The molecule has 0 N–H and O–H groups in total. The van der Waals surface area contributed by atoms with Crippen molar-refractivity contribution in [2.45, 2.75) is 5.41 Å². The topological polar surface area (TPSA) is 51.8 Å². The highest BCUT2D eigenvalue weighted by Gasteiger charge is 2.51. The van der Waals surface area contributed by atoms with Crippen molar-refractivity contribution < 1.29 is 4.42 Å². The van der Waals surface area contributed by atoms with Crippen molar-refractivity contribution >= 4 is 53.4 Å². The molecule has 1 spiro atoms. The minimum atomic E-state index is -0.386. The fourth-order valence-corrected chi connectivity index (χ4v) is 13.5. The van der Waals surface area contributed by atoms with Gasteiger partial charge < -0.3 is 4.42 Å². The van der Waals surface area contributed by atoms with Gasteiger partial charge in [-0.25, -0.2) is 15.0 Å². The number of nitrogens with zero attached hydrogens (tertiary/aromatic N) is 3. The highest BCUT2D eigenvalue weighted by Crippen LogP contribution is 2.63. The Kier molecular flexibility index (Phi) is 9.09. The molecule has 2 aliphatic carbocycles. The van der Waals surface area contributed by atoms with Gasteiger partial charge in [0.2, 0.25) is 0 Å². The van der Waals surface area contributed by atoms with Gasteiger partial charge in [0.15, 0.2) is 17.5 Å². The van der Waals surface area contributed by atoms with E-state index in [-0.39, 0.29) is 5.41 Å². The smallest absolute Gasteiger partial charge is 0.164 e. The molecular weight excluding hydrogens is 931 g/mol. The molecule has 2 aliphatic rings. The Morgan fingerprint density at radius 2 is 0.773 bits per heavy atom. The van der Waals surface area contributed by atoms with Gasteiger partial charge in [0.25, 0.3) is 0 Å². The third-order valence-electron chi connectivity index (χ3n) is 15.8. The molecule has 0 saturated carbocycles. The van der Waals surface area contributed by atoms with Crippen LogP contribution < -0.4 is 0 Å². The van der Waals surface area contributed by atoms with E-state index in [1.165, 1.54) is 75.8 Å². The zero-order valence-electron chi connectivity index (χ0n) is 40.3. The Morgan fingerprint density at radius 3 is 1.48 bits per heavy atom. The zero-order valence-corrected chi connectivity index (χ0v) is 41.1. The van der Waals surface area contributed by atoms with Crippen molar-refractivity contribution in [3.8, 4) is 89.8 Å². The largest absolute Gasteiger partial charge is 0.456 e. The summed E-state index contributed by atoms with van der Waals surface area (Å²) in [6.45, 7) is 0. The molecule has 11 aromatic carbocycles. The predicted octanol–water partition coefficient (Wildman–Crippen LogP) is 18.5. The lowest BCUT2D eigenvalue weighted by Crippen LogP contribution is -2.25. The maximum absolute atomic E-state index is 6.62. The molecule has 0 aliphatic heterocycles. The van der Waals surface area contributed by atoms with Crippen LogP contribution in [0.5, 0.6) is 0 Å². The quantitative estimate of drug-likeness (QED) is 0.167. The van der Waals surface area contributed by atoms with Crippen LogP contribution in [0.15, 0.2) is 253 Å². The minimum absolute atomic E-state index is 0.386. The number of furan rings is 1. The summed E-state index contributed by atoms with van der Waals surface area (Å²) >= 11 is 1.79. The fraction of sp³-hybridized carbons (Fsp3) is 0.0143. The molecule has 14 aromatic rings. The van der Waals surface area contributed by atoms with Crippen LogP contribution in [0.25, 0.3) is 132 Å². The van der Waals surface area contributed by atoms with Crippen LogP contribution in [0, 0.1) is 0 Å². The molecule has 0 amide bonds. The summed E-state index contributed by atoms with van der Waals surface area (Å²) in [6, 6.07) is 89.9. The molecule has 0 saturated heterocycles. The summed E-state index contributed by atoms with van der Waals surface area (Å²) < 4.78 is 9.07. The van der Waals surface area contributed by atoms with Gasteiger partial charge >= 0.3 is 0 Å². The van der Waals surface area contributed by atoms with Crippen LogP contribution in [0.1, 0.15) is 22.3 Å². The number of fused-ring (bicyclic) bond motifs is 16. The van der Waals surface area contributed by atoms with Crippen molar-refractivity contribution in [2.24, 2.45) is 0 Å². The number of hydrogen-bond donors (Lipinski definition) is 0. The number of rotatable bonds is 6. The minimum Gasteiger partial charge on any atom is -0.456 e.